The molecule has 0 aliphatic heterocycles. The Kier molecular flexibility index (Phi) is 6.18. The maximum absolute atomic E-state index is 14.5. The average Bonchev–Trinajstić information content (AvgIpc) is 2.75. The molecule has 1 saturated carbocycles. The van der Waals surface area contributed by atoms with E-state index < -0.39 is 5.82 Å². The summed E-state index contributed by atoms with van der Waals surface area (Å²) in [6.45, 7) is 0.420. The Balaban J connectivity index is 1.48. The Bertz CT molecular complexity index is 1000. The Labute approximate surface area is 174 Å². The van der Waals surface area contributed by atoms with Gasteiger partial charge in [0.1, 0.15) is 17.5 Å². The molecule has 0 unspecified atom stereocenters. The van der Waals surface area contributed by atoms with Crippen LogP contribution in [0.5, 0.6) is 0 Å². The molecule has 156 valence electrons. The predicted octanol–water partition coefficient (Wildman–Crippen LogP) is 4.72. The van der Waals surface area contributed by atoms with Crippen molar-refractivity contribution < 1.29 is 8.78 Å². The maximum atomic E-state index is 14.5. The van der Waals surface area contributed by atoms with E-state index in [2.05, 4.69) is 20.6 Å². The van der Waals surface area contributed by atoms with Gasteiger partial charge in [0, 0.05) is 24.2 Å². The van der Waals surface area contributed by atoms with Gasteiger partial charge in [-0.15, -0.1) is 0 Å². The van der Waals surface area contributed by atoms with E-state index in [-0.39, 0.29) is 11.9 Å². The molecule has 0 bridgehead atoms. The zero-order valence-electron chi connectivity index (χ0n) is 16.6. The molecule has 7 heteroatoms. The number of nitrogens with two attached hydrogens (primary N) is 1. The van der Waals surface area contributed by atoms with E-state index in [1.165, 1.54) is 18.3 Å². The molecule has 0 saturated heterocycles. The van der Waals surface area contributed by atoms with Crippen molar-refractivity contribution >= 4 is 11.6 Å². The van der Waals surface area contributed by atoms with E-state index >= 15 is 0 Å². The third-order valence-electron chi connectivity index (χ3n) is 5.37. The van der Waals surface area contributed by atoms with Crippen LogP contribution in [0.25, 0.3) is 11.3 Å². The van der Waals surface area contributed by atoms with Crippen LogP contribution >= 0.6 is 0 Å². The quantitative estimate of drug-likeness (QED) is 0.549. The first-order valence-corrected chi connectivity index (χ1v) is 10.2. The van der Waals surface area contributed by atoms with E-state index in [1.807, 2.05) is 12.1 Å². The largest absolute Gasteiger partial charge is 0.367 e. The Morgan fingerprint density at radius 2 is 1.77 bits per heavy atom. The smallest absolute Gasteiger partial charge is 0.151 e. The number of aromatic nitrogens is 2. The number of nitrogens with one attached hydrogen (secondary N) is 2. The standard InChI is InChI=1S/C23H25F2N5/c24-16-4-1-3-15(11-16)13-27-22-6-2-5-21(30-22)19-12-23(28-14-20(19)25)29-18-9-7-17(26)8-10-18/h1-6,11-12,14,17-18H,7-10,13,26H2,(H,27,30)(H,28,29). The Morgan fingerprint density at radius 3 is 2.57 bits per heavy atom. The van der Waals surface area contributed by atoms with Crippen molar-refractivity contribution in [2.45, 2.75) is 44.3 Å². The van der Waals surface area contributed by atoms with Crippen molar-refractivity contribution in [3.63, 3.8) is 0 Å². The van der Waals surface area contributed by atoms with E-state index in [0.29, 0.717) is 35.5 Å². The normalized spacial score (nSPS) is 18.8. The molecule has 2 aromatic heterocycles. The van der Waals surface area contributed by atoms with Gasteiger partial charge in [0.25, 0.3) is 0 Å². The first-order chi connectivity index (χ1) is 14.6. The van der Waals surface area contributed by atoms with Gasteiger partial charge in [-0.05, 0) is 61.6 Å². The molecule has 3 aromatic rings. The number of pyridine rings is 2. The monoisotopic (exact) mass is 409 g/mol. The van der Waals surface area contributed by atoms with Crippen LogP contribution in [0.2, 0.25) is 0 Å². The second-order valence-corrected chi connectivity index (χ2v) is 7.70. The third-order valence-corrected chi connectivity index (χ3v) is 5.37. The van der Waals surface area contributed by atoms with E-state index in [1.54, 1.807) is 24.3 Å². The van der Waals surface area contributed by atoms with Crippen LogP contribution in [0.15, 0.2) is 54.7 Å². The van der Waals surface area contributed by atoms with Gasteiger partial charge in [0.2, 0.25) is 0 Å². The van der Waals surface area contributed by atoms with Crippen molar-refractivity contribution in [1.29, 1.82) is 0 Å². The molecule has 0 atom stereocenters. The van der Waals surface area contributed by atoms with Crippen LogP contribution in [-0.4, -0.2) is 22.1 Å². The number of benzene rings is 1. The Morgan fingerprint density at radius 1 is 0.967 bits per heavy atom. The summed E-state index contributed by atoms with van der Waals surface area (Å²) in [5, 5.41) is 6.55. The summed E-state index contributed by atoms with van der Waals surface area (Å²) in [6, 6.07) is 14.0. The van der Waals surface area contributed by atoms with Gasteiger partial charge in [-0.25, -0.2) is 18.7 Å². The fourth-order valence-electron chi connectivity index (χ4n) is 3.71. The lowest BCUT2D eigenvalue weighted by molar-refractivity contribution is 0.410. The highest BCUT2D eigenvalue weighted by Crippen LogP contribution is 2.26. The fourth-order valence-corrected chi connectivity index (χ4v) is 3.71. The molecule has 1 aliphatic rings. The molecule has 30 heavy (non-hydrogen) atoms. The molecule has 4 N–H and O–H groups in total. The molecule has 0 amide bonds. The minimum absolute atomic E-state index is 0.270. The summed E-state index contributed by atoms with van der Waals surface area (Å²) in [5.41, 5.74) is 7.66. The summed E-state index contributed by atoms with van der Waals surface area (Å²) in [5.74, 6) is 0.506. The molecule has 0 radical (unpaired) electrons. The van der Waals surface area contributed by atoms with E-state index in [9.17, 15) is 8.78 Å². The number of hydrogen-bond donors (Lipinski definition) is 3. The molecule has 5 nitrogen and oxygen atoms in total. The number of anilines is 2. The zero-order valence-corrected chi connectivity index (χ0v) is 16.6. The topological polar surface area (TPSA) is 75.9 Å². The van der Waals surface area contributed by atoms with Crippen molar-refractivity contribution in [3.8, 4) is 11.3 Å². The molecule has 1 fully saturated rings. The SMILES string of the molecule is NC1CCC(Nc2cc(-c3cccc(NCc4cccc(F)c4)n3)c(F)cn2)CC1. The summed E-state index contributed by atoms with van der Waals surface area (Å²) in [4.78, 5) is 8.71. The van der Waals surface area contributed by atoms with Crippen molar-refractivity contribution in [1.82, 2.24) is 9.97 Å². The van der Waals surface area contributed by atoms with Crippen molar-refractivity contribution in [2.75, 3.05) is 10.6 Å². The first-order valence-electron chi connectivity index (χ1n) is 10.2. The van der Waals surface area contributed by atoms with Crippen LogP contribution in [0.3, 0.4) is 0 Å². The van der Waals surface area contributed by atoms with Gasteiger partial charge < -0.3 is 16.4 Å². The van der Waals surface area contributed by atoms with Gasteiger partial charge in [-0.1, -0.05) is 18.2 Å². The molecule has 2 heterocycles. The lowest BCUT2D eigenvalue weighted by atomic mass is 9.92. The highest BCUT2D eigenvalue weighted by Gasteiger charge is 2.19. The molecule has 0 spiro atoms. The molecule has 4 rings (SSSR count). The third kappa shape index (κ3) is 5.10. The minimum Gasteiger partial charge on any atom is -0.367 e. The van der Waals surface area contributed by atoms with E-state index in [4.69, 9.17) is 5.73 Å². The molecular weight excluding hydrogens is 384 g/mol. The first kappa shape index (κ1) is 20.2. The van der Waals surface area contributed by atoms with Gasteiger partial charge in [0.15, 0.2) is 5.82 Å². The number of halogens is 2. The van der Waals surface area contributed by atoms with Crippen molar-refractivity contribution in [3.05, 3.63) is 71.9 Å². The number of rotatable bonds is 6. The van der Waals surface area contributed by atoms with Gasteiger partial charge in [0.05, 0.1) is 11.9 Å². The van der Waals surface area contributed by atoms with Gasteiger partial charge in [-0.2, -0.15) is 0 Å². The van der Waals surface area contributed by atoms with Crippen LogP contribution in [0.1, 0.15) is 31.2 Å². The highest BCUT2D eigenvalue weighted by atomic mass is 19.1. The van der Waals surface area contributed by atoms with Crippen LogP contribution in [-0.2, 0) is 6.54 Å². The molecule has 1 aromatic carbocycles. The number of hydrogen-bond acceptors (Lipinski definition) is 5. The number of nitrogens with zero attached hydrogens (tertiary/aromatic N) is 2. The van der Waals surface area contributed by atoms with Crippen molar-refractivity contribution in [2.24, 2.45) is 5.73 Å². The fraction of sp³-hybridized carbons (Fsp3) is 0.304. The maximum Gasteiger partial charge on any atom is 0.151 e. The second kappa shape index (κ2) is 9.17. The summed E-state index contributed by atoms with van der Waals surface area (Å²) in [6.07, 6.45) is 5.14. The lowest BCUT2D eigenvalue weighted by Crippen LogP contribution is -2.33. The van der Waals surface area contributed by atoms with Crippen LogP contribution < -0.4 is 16.4 Å². The highest BCUT2D eigenvalue weighted by molar-refractivity contribution is 5.65. The lowest BCUT2D eigenvalue weighted by Gasteiger charge is -2.27. The zero-order chi connectivity index (χ0) is 20.9. The summed E-state index contributed by atoms with van der Waals surface area (Å²) < 4.78 is 27.8. The predicted molar refractivity (Wildman–Crippen MR) is 115 cm³/mol. The van der Waals surface area contributed by atoms with Gasteiger partial charge >= 0.3 is 0 Å². The minimum atomic E-state index is -0.430. The van der Waals surface area contributed by atoms with E-state index in [0.717, 1.165) is 31.2 Å². The van der Waals surface area contributed by atoms with Crippen LogP contribution in [0, 0.1) is 11.6 Å². The average molecular weight is 409 g/mol. The van der Waals surface area contributed by atoms with Gasteiger partial charge in [-0.3, -0.25) is 0 Å². The van der Waals surface area contributed by atoms with Crippen LogP contribution in [0.4, 0.5) is 20.4 Å². The Hall–Kier alpha value is -3.06. The summed E-state index contributed by atoms with van der Waals surface area (Å²) in [7, 11) is 0. The molecular formula is C23H25F2N5. The summed E-state index contributed by atoms with van der Waals surface area (Å²) >= 11 is 0. The second-order valence-electron chi connectivity index (χ2n) is 7.70. The molecule has 1 aliphatic carbocycles.